The molecule has 0 aromatic rings. The van der Waals surface area contributed by atoms with Crippen LogP contribution < -0.4 is 5.32 Å². The molecule has 1 amide bonds. The maximum atomic E-state index is 12.0. The van der Waals surface area contributed by atoms with E-state index in [9.17, 15) is 9.90 Å². The van der Waals surface area contributed by atoms with Crippen molar-refractivity contribution in [3.05, 3.63) is 0 Å². The maximum Gasteiger partial charge on any atom is 0.240 e. The van der Waals surface area contributed by atoms with E-state index in [1.165, 1.54) is 0 Å². The molecule has 1 aliphatic rings. The van der Waals surface area contributed by atoms with Crippen molar-refractivity contribution in [1.82, 2.24) is 5.32 Å². The molecular weight excluding hydrogens is 204 g/mol. The lowest BCUT2D eigenvalue weighted by atomic mass is 9.86. The van der Waals surface area contributed by atoms with E-state index in [0.29, 0.717) is 19.3 Å². The van der Waals surface area contributed by atoms with Crippen molar-refractivity contribution in [2.75, 3.05) is 0 Å². The molecule has 16 heavy (non-hydrogen) atoms. The minimum Gasteiger partial charge on any atom is -0.393 e. The molecule has 90 valence electrons. The number of aliphatic hydroxyl groups is 1. The predicted octanol–water partition coefficient (Wildman–Crippen LogP) is 1.35. The molecule has 4 heteroatoms. The summed E-state index contributed by atoms with van der Waals surface area (Å²) < 4.78 is 0. The Morgan fingerprint density at radius 1 is 1.50 bits per heavy atom. The Hall–Kier alpha value is -1.08. The van der Waals surface area contributed by atoms with E-state index in [4.69, 9.17) is 5.26 Å². The third-order valence-electron chi connectivity index (χ3n) is 3.18. The zero-order valence-electron chi connectivity index (χ0n) is 9.99. The summed E-state index contributed by atoms with van der Waals surface area (Å²) in [6, 6.07) is 2.08. The number of carbonyl (C=O) groups excluding carboxylic acids is 1. The lowest BCUT2D eigenvalue weighted by Gasteiger charge is -2.23. The molecule has 0 aromatic carbocycles. The maximum absolute atomic E-state index is 12.0. The first kappa shape index (κ1) is 13.0. The van der Waals surface area contributed by atoms with Crippen LogP contribution in [0.25, 0.3) is 0 Å². The molecule has 0 heterocycles. The number of hydrogen-bond acceptors (Lipinski definition) is 3. The van der Waals surface area contributed by atoms with Gasteiger partial charge >= 0.3 is 0 Å². The SMILES string of the molecule is CC(O)CC(C)NC(=O)C1(C#N)CCCC1. The Morgan fingerprint density at radius 2 is 2.06 bits per heavy atom. The lowest BCUT2D eigenvalue weighted by molar-refractivity contribution is -0.128. The number of rotatable bonds is 4. The molecule has 0 radical (unpaired) electrons. The topological polar surface area (TPSA) is 73.1 Å². The zero-order chi connectivity index (χ0) is 12.2. The summed E-state index contributed by atoms with van der Waals surface area (Å²) in [4.78, 5) is 12.0. The molecule has 1 fully saturated rings. The van der Waals surface area contributed by atoms with Crippen molar-refractivity contribution in [1.29, 1.82) is 5.26 Å². The first-order valence-electron chi connectivity index (χ1n) is 5.90. The number of amides is 1. The van der Waals surface area contributed by atoms with Crippen molar-refractivity contribution in [2.24, 2.45) is 5.41 Å². The van der Waals surface area contributed by atoms with Gasteiger partial charge in [0.1, 0.15) is 5.41 Å². The molecule has 2 unspecified atom stereocenters. The van der Waals surface area contributed by atoms with E-state index in [2.05, 4.69) is 11.4 Å². The molecular formula is C12H20N2O2. The molecule has 0 bridgehead atoms. The normalized spacial score (nSPS) is 22.1. The first-order valence-corrected chi connectivity index (χ1v) is 5.90. The van der Waals surface area contributed by atoms with Crippen LogP contribution in [-0.4, -0.2) is 23.2 Å². The molecule has 0 spiro atoms. The van der Waals surface area contributed by atoms with Gasteiger partial charge in [-0.2, -0.15) is 5.26 Å². The van der Waals surface area contributed by atoms with Crippen molar-refractivity contribution in [3.63, 3.8) is 0 Å². The van der Waals surface area contributed by atoms with Crippen LogP contribution in [0.3, 0.4) is 0 Å². The molecule has 2 N–H and O–H groups in total. The highest BCUT2D eigenvalue weighted by Crippen LogP contribution is 2.37. The number of aliphatic hydroxyl groups excluding tert-OH is 1. The van der Waals surface area contributed by atoms with Gasteiger partial charge in [-0.05, 0) is 33.1 Å². The van der Waals surface area contributed by atoms with Crippen LogP contribution >= 0.6 is 0 Å². The average molecular weight is 224 g/mol. The van der Waals surface area contributed by atoms with Crippen LogP contribution in [0.2, 0.25) is 0 Å². The van der Waals surface area contributed by atoms with Gasteiger partial charge in [-0.3, -0.25) is 4.79 Å². The largest absolute Gasteiger partial charge is 0.393 e. The summed E-state index contributed by atoms with van der Waals surface area (Å²) in [6.45, 7) is 3.54. The monoisotopic (exact) mass is 224 g/mol. The second-order valence-electron chi connectivity index (χ2n) is 4.86. The molecule has 2 atom stereocenters. The minimum atomic E-state index is -0.813. The third-order valence-corrected chi connectivity index (χ3v) is 3.18. The molecule has 1 aliphatic carbocycles. The Morgan fingerprint density at radius 3 is 2.50 bits per heavy atom. The number of nitrogens with zero attached hydrogens (tertiary/aromatic N) is 1. The minimum absolute atomic E-state index is 0.0849. The predicted molar refractivity (Wildman–Crippen MR) is 60.4 cm³/mol. The Kier molecular flexibility index (Phi) is 4.31. The third kappa shape index (κ3) is 2.96. The number of carbonyl (C=O) groups is 1. The van der Waals surface area contributed by atoms with Gasteiger partial charge in [0.2, 0.25) is 5.91 Å². The Bertz CT molecular complexity index is 288. The summed E-state index contributed by atoms with van der Waals surface area (Å²) in [5, 5.41) is 21.2. The van der Waals surface area contributed by atoms with Crippen molar-refractivity contribution < 1.29 is 9.90 Å². The zero-order valence-corrected chi connectivity index (χ0v) is 9.99. The highest BCUT2D eigenvalue weighted by Gasteiger charge is 2.41. The van der Waals surface area contributed by atoms with Gasteiger partial charge in [-0.25, -0.2) is 0 Å². The van der Waals surface area contributed by atoms with Gasteiger partial charge < -0.3 is 10.4 Å². The molecule has 4 nitrogen and oxygen atoms in total. The highest BCUT2D eigenvalue weighted by atomic mass is 16.3. The summed E-state index contributed by atoms with van der Waals surface area (Å²) in [7, 11) is 0. The van der Waals surface area contributed by atoms with Gasteiger partial charge in [0, 0.05) is 6.04 Å². The summed E-state index contributed by atoms with van der Waals surface area (Å²) in [5.41, 5.74) is -0.813. The summed E-state index contributed by atoms with van der Waals surface area (Å²) >= 11 is 0. The van der Waals surface area contributed by atoms with Crippen LogP contribution in [0.15, 0.2) is 0 Å². The van der Waals surface area contributed by atoms with Crippen LogP contribution in [-0.2, 0) is 4.79 Å². The van der Waals surface area contributed by atoms with Crippen LogP contribution in [0, 0.1) is 16.7 Å². The fraction of sp³-hybridized carbons (Fsp3) is 0.833. The van der Waals surface area contributed by atoms with E-state index in [1.54, 1.807) is 6.92 Å². The molecule has 0 saturated heterocycles. The molecule has 1 rings (SSSR count). The molecule has 1 saturated carbocycles. The van der Waals surface area contributed by atoms with E-state index < -0.39 is 11.5 Å². The van der Waals surface area contributed by atoms with Crippen LogP contribution in [0.1, 0.15) is 46.0 Å². The van der Waals surface area contributed by atoms with Crippen LogP contribution in [0.4, 0.5) is 0 Å². The van der Waals surface area contributed by atoms with Crippen molar-refractivity contribution >= 4 is 5.91 Å². The second kappa shape index (κ2) is 5.31. The Balaban J connectivity index is 2.54. The van der Waals surface area contributed by atoms with E-state index in [0.717, 1.165) is 12.8 Å². The molecule has 0 aliphatic heterocycles. The van der Waals surface area contributed by atoms with Gasteiger partial charge in [-0.15, -0.1) is 0 Å². The smallest absolute Gasteiger partial charge is 0.240 e. The second-order valence-corrected chi connectivity index (χ2v) is 4.86. The number of nitrogens with one attached hydrogen (secondary N) is 1. The van der Waals surface area contributed by atoms with Crippen molar-refractivity contribution in [3.8, 4) is 6.07 Å². The number of hydrogen-bond donors (Lipinski definition) is 2. The summed E-state index contributed by atoms with van der Waals surface area (Å²) in [6.07, 6.45) is 3.31. The van der Waals surface area contributed by atoms with E-state index in [1.807, 2.05) is 6.92 Å². The van der Waals surface area contributed by atoms with Crippen molar-refractivity contribution in [2.45, 2.75) is 58.1 Å². The quantitative estimate of drug-likeness (QED) is 0.757. The number of nitriles is 1. The van der Waals surface area contributed by atoms with E-state index >= 15 is 0 Å². The fourth-order valence-electron chi connectivity index (χ4n) is 2.30. The van der Waals surface area contributed by atoms with Gasteiger partial charge in [0.05, 0.1) is 12.2 Å². The van der Waals surface area contributed by atoms with Crippen LogP contribution in [0.5, 0.6) is 0 Å². The van der Waals surface area contributed by atoms with E-state index in [-0.39, 0.29) is 11.9 Å². The molecule has 0 aromatic heterocycles. The summed E-state index contributed by atoms with van der Waals surface area (Å²) in [5.74, 6) is -0.166. The average Bonchev–Trinajstić information content (AvgIpc) is 2.65. The van der Waals surface area contributed by atoms with Gasteiger partial charge in [0.25, 0.3) is 0 Å². The fourth-order valence-corrected chi connectivity index (χ4v) is 2.30. The lowest BCUT2D eigenvalue weighted by Crippen LogP contribution is -2.43. The highest BCUT2D eigenvalue weighted by molar-refractivity contribution is 5.85. The standard InChI is InChI=1S/C12H20N2O2/c1-9(7-10(2)15)14-11(16)12(8-13)5-3-4-6-12/h9-10,15H,3-7H2,1-2H3,(H,14,16). The first-order chi connectivity index (χ1) is 7.50. The van der Waals surface area contributed by atoms with Gasteiger partial charge in [0.15, 0.2) is 0 Å². The Labute approximate surface area is 96.6 Å². The van der Waals surface area contributed by atoms with Gasteiger partial charge in [-0.1, -0.05) is 12.8 Å².